The van der Waals surface area contributed by atoms with Crippen LogP contribution in [0.25, 0.3) is 0 Å². The Morgan fingerprint density at radius 2 is 1.82 bits per heavy atom. The van der Waals surface area contributed by atoms with Crippen molar-refractivity contribution in [3.63, 3.8) is 0 Å². The fourth-order valence-corrected chi connectivity index (χ4v) is 3.06. The summed E-state index contributed by atoms with van der Waals surface area (Å²) in [6, 6.07) is 14.8. The zero-order valence-corrected chi connectivity index (χ0v) is 16.3. The first-order chi connectivity index (χ1) is 13.4. The first kappa shape index (κ1) is 19.8. The number of hydrogen-bond acceptors (Lipinski definition) is 2. The number of amides is 1. The smallest absolute Gasteiger partial charge is 0.263 e. The molecule has 0 saturated carbocycles. The largest absolute Gasteiger partial charge is 0.322 e. The minimum atomic E-state index is -0.517. The predicted molar refractivity (Wildman–Crippen MR) is 110 cm³/mol. The van der Waals surface area contributed by atoms with Gasteiger partial charge in [-0.1, -0.05) is 43.6 Å². The lowest BCUT2D eigenvalue weighted by Crippen LogP contribution is -2.29. The Hall–Kier alpha value is -2.92. The maximum absolute atomic E-state index is 14.0. The Kier molecular flexibility index (Phi) is 5.95. The number of hydrogen-bond donors (Lipinski definition) is 1. The third-order valence-corrected chi connectivity index (χ3v) is 4.84. The summed E-state index contributed by atoms with van der Waals surface area (Å²) < 4.78 is 15.3. The van der Waals surface area contributed by atoms with E-state index in [0.29, 0.717) is 11.6 Å². The van der Waals surface area contributed by atoms with E-state index in [-0.39, 0.29) is 22.7 Å². The van der Waals surface area contributed by atoms with Crippen LogP contribution in [0.15, 0.2) is 65.6 Å². The maximum Gasteiger partial charge on any atom is 0.263 e. The van der Waals surface area contributed by atoms with Gasteiger partial charge in [-0.3, -0.25) is 9.59 Å². The Morgan fingerprint density at radius 1 is 1.11 bits per heavy atom. The van der Waals surface area contributed by atoms with E-state index in [0.717, 1.165) is 5.56 Å². The third kappa shape index (κ3) is 4.31. The van der Waals surface area contributed by atoms with Gasteiger partial charge in [-0.25, -0.2) is 4.39 Å². The van der Waals surface area contributed by atoms with E-state index in [1.165, 1.54) is 29.0 Å². The molecule has 144 valence electrons. The summed E-state index contributed by atoms with van der Waals surface area (Å²) in [5.41, 5.74) is 1.41. The molecule has 4 nitrogen and oxygen atoms in total. The quantitative estimate of drug-likeness (QED) is 0.652. The minimum Gasteiger partial charge on any atom is -0.322 e. The fraction of sp³-hybridized carbons (Fsp3) is 0.182. The lowest BCUT2D eigenvalue weighted by Gasteiger charge is -2.11. The van der Waals surface area contributed by atoms with E-state index in [1.54, 1.807) is 24.3 Å². The van der Waals surface area contributed by atoms with Gasteiger partial charge in [0.05, 0.1) is 6.54 Å². The van der Waals surface area contributed by atoms with Crippen molar-refractivity contribution in [2.45, 2.75) is 26.3 Å². The van der Waals surface area contributed by atoms with Crippen molar-refractivity contribution in [3.05, 3.63) is 98.7 Å². The molecule has 0 saturated heterocycles. The van der Waals surface area contributed by atoms with Crippen molar-refractivity contribution in [2.75, 3.05) is 5.32 Å². The monoisotopic (exact) mass is 398 g/mol. The normalized spacial score (nSPS) is 10.9. The van der Waals surface area contributed by atoms with Gasteiger partial charge in [-0.15, -0.1) is 0 Å². The van der Waals surface area contributed by atoms with Crippen LogP contribution in [0.5, 0.6) is 0 Å². The van der Waals surface area contributed by atoms with Crippen molar-refractivity contribution in [1.29, 1.82) is 0 Å². The number of carbonyl (C=O) groups is 1. The van der Waals surface area contributed by atoms with Crippen LogP contribution < -0.4 is 10.9 Å². The van der Waals surface area contributed by atoms with Crippen molar-refractivity contribution < 1.29 is 9.18 Å². The van der Waals surface area contributed by atoms with Crippen LogP contribution in [0.1, 0.15) is 41.3 Å². The van der Waals surface area contributed by atoms with E-state index >= 15 is 0 Å². The molecule has 28 heavy (non-hydrogen) atoms. The van der Waals surface area contributed by atoms with Crippen molar-refractivity contribution in [2.24, 2.45) is 0 Å². The molecule has 0 unspecified atom stereocenters. The summed E-state index contributed by atoms with van der Waals surface area (Å²) in [4.78, 5) is 25.3. The van der Waals surface area contributed by atoms with Crippen molar-refractivity contribution in [1.82, 2.24) is 4.57 Å². The summed E-state index contributed by atoms with van der Waals surface area (Å²) in [7, 11) is 0. The molecule has 0 aliphatic carbocycles. The van der Waals surface area contributed by atoms with Crippen LogP contribution in [-0.4, -0.2) is 10.5 Å². The molecule has 0 bridgehead atoms. The molecular formula is C22H20ClFN2O2. The molecule has 0 fully saturated rings. The van der Waals surface area contributed by atoms with Crippen molar-refractivity contribution >= 4 is 23.2 Å². The number of anilines is 1. The highest BCUT2D eigenvalue weighted by atomic mass is 35.5. The van der Waals surface area contributed by atoms with Gasteiger partial charge in [0, 0.05) is 22.5 Å². The second-order valence-electron chi connectivity index (χ2n) is 6.79. The topological polar surface area (TPSA) is 51.1 Å². The Bertz CT molecular complexity index is 1040. The van der Waals surface area contributed by atoms with E-state index in [1.807, 2.05) is 12.1 Å². The second-order valence-corrected chi connectivity index (χ2v) is 7.19. The maximum atomic E-state index is 14.0. The molecule has 6 heteroatoms. The summed E-state index contributed by atoms with van der Waals surface area (Å²) >= 11 is 6.04. The molecule has 0 atom stereocenters. The number of rotatable bonds is 5. The average Bonchev–Trinajstić information content (AvgIpc) is 2.66. The minimum absolute atomic E-state index is 0.0251. The van der Waals surface area contributed by atoms with Gasteiger partial charge < -0.3 is 9.88 Å². The number of pyridine rings is 1. The first-order valence-corrected chi connectivity index (χ1v) is 9.28. The van der Waals surface area contributed by atoms with Crippen LogP contribution in [0, 0.1) is 5.82 Å². The van der Waals surface area contributed by atoms with Gasteiger partial charge >= 0.3 is 0 Å². The number of halogens is 2. The Morgan fingerprint density at radius 3 is 2.46 bits per heavy atom. The van der Waals surface area contributed by atoms with Crippen LogP contribution in [0.4, 0.5) is 10.1 Å². The molecule has 0 aliphatic rings. The molecule has 1 heterocycles. The van der Waals surface area contributed by atoms with Gasteiger partial charge in [0.2, 0.25) is 0 Å². The predicted octanol–water partition coefficient (Wildman–Crippen LogP) is 5.06. The lowest BCUT2D eigenvalue weighted by atomic mass is 10.0. The Labute approximate surface area is 167 Å². The molecule has 1 amide bonds. The molecule has 1 aromatic heterocycles. The second kappa shape index (κ2) is 8.40. The molecule has 3 aromatic rings. The van der Waals surface area contributed by atoms with Crippen LogP contribution in [0.3, 0.4) is 0 Å². The van der Waals surface area contributed by atoms with E-state index < -0.39 is 17.3 Å². The summed E-state index contributed by atoms with van der Waals surface area (Å²) in [5.74, 6) is -0.632. The SMILES string of the molecule is CC(C)c1ccc(NC(=O)c2cccn(Cc3c(F)cccc3Cl)c2=O)cc1. The summed E-state index contributed by atoms with van der Waals surface area (Å²) in [6.45, 7) is 4.11. The van der Waals surface area contributed by atoms with Gasteiger partial charge in [-0.05, 0) is 47.9 Å². The van der Waals surface area contributed by atoms with Gasteiger partial charge in [-0.2, -0.15) is 0 Å². The highest BCUT2D eigenvalue weighted by Gasteiger charge is 2.15. The van der Waals surface area contributed by atoms with Crippen LogP contribution in [-0.2, 0) is 6.54 Å². The zero-order chi connectivity index (χ0) is 20.3. The number of benzene rings is 2. The van der Waals surface area contributed by atoms with E-state index in [9.17, 15) is 14.0 Å². The number of aromatic nitrogens is 1. The molecule has 0 aliphatic heterocycles. The van der Waals surface area contributed by atoms with E-state index in [2.05, 4.69) is 19.2 Å². The molecular weight excluding hydrogens is 379 g/mol. The number of nitrogens with one attached hydrogen (secondary N) is 1. The fourth-order valence-electron chi connectivity index (χ4n) is 2.84. The summed E-state index contributed by atoms with van der Waals surface area (Å²) in [6.07, 6.45) is 1.50. The van der Waals surface area contributed by atoms with Gasteiger partial charge in [0.15, 0.2) is 0 Å². The molecule has 0 radical (unpaired) electrons. The Balaban J connectivity index is 1.84. The standard InChI is InChI=1S/C22H20ClFN2O2/c1-14(2)15-8-10-16(11-9-15)25-21(27)17-5-4-12-26(22(17)28)13-18-19(23)6-3-7-20(18)24/h3-12,14H,13H2,1-2H3,(H,25,27). The van der Waals surface area contributed by atoms with Gasteiger partial charge in [0.1, 0.15) is 11.4 Å². The molecule has 1 N–H and O–H groups in total. The summed E-state index contributed by atoms with van der Waals surface area (Å²) in [5, 5.41) is 2.96. The van der Waals surface area contributed by atoms with Crippen LogP contribution >= 0.6 is 11.6 Å². The zero-order valence-electron chi connectivity index (χ0n) is 15.6. The molecule has 2 aromatic carbocycles. The van der Waals surface area contributed by atoms with E-state index in [4.69, 9.17) is 11.6 Å². The molecule has 3 rings (SSSR count). The van der Waals surface area contributed by atoms with Crippen molar-refractivity contribution in [3.8, 4) is 0 Å². The lowest BCUT2D eigenvalue weighted by molar-refractivity contribution is 0.102. The third-order valence-electron chi connectivity index (χ3n) is 4.49. The first-order valence-electron chi connectivity index (χ1n) is 8.90. The van der Waals surface area contributed by atoms with Crippen LogP contribution in [0.2, 0.25) is 5.02 Å². The highest BCUT2D eigenvalue weighted by molar-refractivity contribution is 6.31. The number of nitrogens with zero attached hydrogens (tertiary/aromatic N) is 1. The highest BCUT2D eigenvalue weighted by Crippen LogP contribution is 2.20. The molecule has 0 spiro atoms. The average molecular weight is 399 g/mol. The van der Waals surface area contributed by atoms with Gasteiger partial charge in [0.25, 0.3) is 11.5 Å². The number of carbonyl (C=O) groups excluding carboxylic acids is 1.